The number of aryl methyl sites for hydroxylation is 1. The summed E-state index contributed by atoms with van der Waals surface area (Å²) in [5.41, 5.74) is 8.90. The maximum absolute atomic E-state index is 12.5. The molecule has 3 N–H and O–H groups in total. The highest BCUT2D eigenvalue weighted by atomic mass is 32.2. The standard InChI is InChI=1S/C15H17N3O2S/c16-13-8-9-17-10-15(13)21(19,20)18-14-7-3-5-11-4-1-2-6-12(11)14/h3,5,7-10,18H,1-2,4,6H2,(H2,16,17). The van der Waals surface area contributed by atoms with Gasteiger partial charge >= 0.3 is 0 Å². The van der Waals surface area contributed by atoms with Crippen LogP contribution in [0, 0.1) is 0 Å². The SMILES string of the molecule is Nc1ccncc1S(=O)(=O)Nc1cccc2c1CCCC2. The second-order valence-electron chi connectivity index (χ2n) is 5.17. The van der Waals surface area contributed by atoms with Crippen molar-refractivity contribution < 1.29 is 8.42 Å². The third kappa shape index (κ3) is 2.71. The van der Waals surface area contributed by atoms with Crippen LogP contribution in [0.5, 0.6) is 0 Å². The number of pyridine rings is 1. The van der Waals surface area contributed by atoms with E-state index in [1.807, 2.05) is 6.07 Å². The molecule has 6 heteroatoms. The molecule has 0 unspecified atom stereocenters. The van der Waals surface area contributed by atoms with Crippen molar-refractivity contribution in [3.05, 3.63) is 47.8 Å². The van der Waals surface area contributed by atoms with E-state index in [1.54, 1.807) is 6.07 Å². The van der Waals surface area contributed by atoms with Crippen LogP contribution in [0.4, 0.5) is 11.4 Å². The minimum atomic E-state index is -3.71. The summed E-state index contributed by atoms with van der Waals surface area (Å²) in [4.78, 5) is 3.85. The summed E-state index contributed by atoms with van der Waals surface area (Å²) in [7, 11) is -3.71. The van der Waals surface area contributed by atoms with E-state index in [9.17, 15) is 8.42 Å². The first-order chi connectivity index (χ1) is 10.1. The lowest BCUT2D eigenvalue weighted by atomic mass is 9.91. The van der Waals surface area contributed by atoms with Gasteiger partial charge in [0.15, 0.2) is 0 Å². The first-order valence-electron chi connectivity index (χ1n) is 6.91. The van der Waals surface area contributed by atoms with Gasteiger partial charge in [0.2, 0.25) is 0 Å². The molecule has 3 rings (SSSR count). The highest BCUT2D eigenvalue weighted by Crippen LogP contribution is 2.30. The number of hydrogen-bond donors (Lipinski definition) is 2. The first-order valence-corrected chi connectivity index (χ1v) is 8.39. The third-order valence-electron chi connectivity index (χ3n) is 3.75. The van der Waals surface area contributed by atoms with Crippen molar-refractivity contribution in [2.75, 3.05) is 10.5 Å². The molecule has 0 saturated heterocycles. The Labute approximate surface area is 124 Å². The highest BCUT2D eigenvalue weighted by Gasteiger charge is 2.21. The number of nitrogens with zero attached hydrogens (tertiary/aromatic N) is 1. The Kier molecular flexibility index (Phi) is 3.55. The number of aromatic nitrogens is 1. The molecule has 0 fully saturated rings. The van der Waals surface area contributed by atoms with Crippen molar-refractivity contribution in [1.82, 2.24) is 4.98 Å². The summed E-state index contributed by atoms with van der Waals surface area (Å²) in [6, 6.07) is 7.22. The third-order valence-corrected chi connectivity index (χ3v) is 5.16. The average molecular weight is 303 g/mol. The zero-order valence-corrected chi connectivity index (χ0v) is 12.4. The predicted molar refractivity (Wildman–Crippen MR) is 82.5 cm³/mol. The fourth-order valence-electron chi connectivity index (χ4n) is 2.69. The van der Waals surface area contributed by atoms with Gasteiger partial charge in [-0.2, -0.15) is 0 Å². The Hall–Kier alpha value is -2.08. The van der Waals surface area contributed by atoms with E-state index in [0.717, 1.165) is 31.2 Å². The van der Waals surface area contributed by atoms with E-state index in [0.29, 0.717) is 5.69 Å². The van der Waals surface area contributed by atoms with E-state index in [1.165, 1.54) is 24.0 Å². The van der Waals surface area contributed by atoms with Crippen molar-refractivity contribution in [2.24, 2.45) is 0 Å². The molecule has 1 aromatic carbocycles. The smallest absolute Gasteiger partial charge is 0.265 e. The molecule has 0 bridgehead atoms. The monoisotopic (exact) mass is 303 g/mol. The van der Waals surface area contributed by atoms with Crippen LogP contribution in [0.1, 0.15) is 24.0 Å². The molecule has 1 heterocycles. The molecular weight excluding hydrogens is 286 g/mol. The molecule has 5 nitrogen and oxygen atoms in total. The Morgan fingerprint density at radius 2 is 1.95 bits per heavy atom. The number of nitrogen functional groups attached to an aromatic ring is 1. The maximum atomic E-state index is 12.5. The van der Waals surface area contributed by atoms with Gasteiger partial charge in [0.25, 0.3) is 10.0 Å². The lowest BCUT2D eigenvalue weighted by Crippen LogP contribution is -2.17. The lowest BCUT2D eigenvalue weighted by molar-refractivity contribution is 0.601. The number of sulfonamides is 1. The summed E-state index contributed by atoms with van der Waals surface area (Å²) in [6.45, 7) is 0. The number of anilines is 2. The molecular formula is C15H17N3O2S. The minimum absolute atomic E-state index is 0.0124. The number of benzene rings is 1. The predicted octanol–water partition coefficient (Wildman–Crippen LogP) is 2.34. The molecule has 21 heavy (non-hydrogen) atoms. The van der Waals surface area contributed by atoms with Gasteiger partial charge in [-0.3, -0.25) is 9.71 Å². The number of nitrogens with two attached hydrogens (primary N) is 1. The molecule has 1 aromatic heterocycles. The van der Waals surface area contributed by atoms with E-state index < -0.39 is 10.0 Å². The Morgan fingerprint density at radius 3 is 2.76 bits per heavy atom. The summed E-state index contributed by atoms with van der Waals surface area (Å²) in [5, 5.41) is 0. The molecule has 110 valence electrons. The van der Waals surface area contributed by atoms with Gasteiger partial charge < -0.3 is 5.73 Å². The quantitative estimate of drug-likeness (QED) is 0.911. The van der Waals surface area contributed by atoms with Crippen LogP contribution < -0.4 is 10.5 Å². The largest absolute Gasteiger partial charge is 0.398 e. The Bertz CT molecular complexity index is 772. The van der Waals surface area contributed by atoms with Crippen molar-refractivity contribution >= 4 is 21.4 Å². The molecule has 0 amide bonds. The van der Waals surface area contributed by atoms with Crippen LogP contribution in [0.25, 0.3) is 0 Å². The number of hydrogen-bond acceptors (Lipinski definition) is 4. The van der Waals surface area contributed by atoms with Crippen LogP contribution in [0.3, 0.4) is 0 Å². The molecule has 0 radical (unpaired) electrons. The van der Waals surface area contributed by atoms with Gasteiger partial charge in [-0.15, -0.1) is 0 Å². The fourth-order valence-corrected chi connectivity index (χ4v) is 3.86. The molecule has 0 spiro atoms. The first kappa shape index (κ1) is 13.9. The number of rotatable bonds is 3. The van der Waals surface area contributed by atoms with E-state index >= 15 is 0 Å². The Morgan fingerprint density at radius 1 is 1.14 bits per heavy atom. The van der Waals surface area contributed by atoms with Crippen molar-refractivity contribution in [3.63, 3.8) is 0 Å². The van der Waals surface area contributed by atoms with Gasteiger partial charge in [-0.25, -0.2) is 8.42 Å². The lowest BCUT2D eigenvalue weighted by Gasteiger charge is -2.20. The van der Waals surface area contributed by atoms with Crippen molar-refractivity contribution in [2.45, 2.75) is 30.6 Å². The van der Waals surface area contributed by atoms with Crippen LogP contribution in [-0.4, -0.2) is 13.4 Å². The second kappa shape index (κ2) is 5.37. The Balaban J connectivity index is 1.99. The normalized spacial score (nSPS) is 14.5. The molecule has 0 atom stereocenters. The van der Waals surface area contributed by atoms with E-state index in [-0.39, 0.29) is 10.6 Å². The molecule has 0 saturated carbocycles. The summed E-state index contributed by atoms with van der Waals surface area (Å²) in [5.74, 6) is 0. The van der Waals surface area contributed by atoms with Gasteiger partial charge in [0.05, 0.1) is 11.4 Å². The van der Waals surface area contributed by atoms with Crippen LogP contribution in [0.2, 0.25) is 0 Å². The van der Waals surface area contributed by atoms with E-state index in [4.69, 9.17) is 5.73 Å². The van der Waals surface area contributed by atoms with Crippen molar-refractivity contribution in [1.29, 1.82) is 0 Å². The fraction of sp³-hybridized carbons (Fsp3) is 0.267. The van der Waals surface area contributed by atoms with Gasteiger partial charge in [-0.05, 0) is 48.9 Å². The molecule has 1 aliphatic carbocycles. The topological polar surface area (TPSA) is 85.1 Å². The zero-order valence-electron chi connectivity index (χ0n) is 11.5. The van der Waals surface area contributed by atoms with Crippen LogP contribution in [0.15, 0.2) is 41.6 Å². The van der Waals surface area contributed by atoms with Crippen molar-refractivity contribution in [3.8, 4) is 0 Å². The number of fused-ring (bicyclic) bond motifs is 1. The summed E-state index contributed by atoms with van der Waals surface area (Å²) < 4.78 is 27.6. The molecule has 0 aliphatic heterocycles. The average Bonchev–Trinajstić information content (AvgIpc) is 2.47. The van der Waals surface area contributed by atoms with Crippen LogP contribution >= 0.6 is 0 Å². The van der Waals surface area contributed by atoms with Crippen LogP contribution in [-0.2, 0) is 22.9 Å². The van der Waals surface area contributed by atoms with Gasteiger partial charge in [0.1, 0.15) is 4.90 Å². The molecule has 2 aromatic rings. The number of nitrogens with one attached hydrogen (secondary N) is 1. The van der Waals surface area contributed by atoms with Gasteiger partial charge in [-0.1, -0.05) is 12.1 Å². The summed E-state index contributed by atoms with van der Waals surface area (Å²) in [6.07, 6.45) is 6.88. The summed E-state index contributed by atoms with van der Waals surface area (Å²) >= 11 is 0. The zero-order chi connectivity index (χ0) is 14.9. The second-order valence-corrected chi connectivity index (χ2v) is 6.82. The maximum Gasteiger partial charge on any atom is 0.265 e. The van der Waals surface area contributed by atoms with E-state index in [2.05, 4.69) is 15.8 Å². The molecule has 1 aliphatic rings. The minimum Gasteiger partial charge on any atom is -0.398 e. The van der Waals surface area contributed by atoms with Gasteiger partial charge in [0, 0.05) is 12.4 Å². The highest BCUT2D eigenvalue weighted by molar-refractivity contribution is 7.92.